The van der Waals surface area contributed by atoms with Crippen LogP contribution in [0.5, 0.6) is 0 Å². The molecule has 17 heavy (non-hydrogen) atoms. The fourth-order valence-corrected chi connectivity index (χ4v) is 2.61. The zero-order valence-corrected chi connectivity index (χ0v) is 12.1. The first-order chi connectivity index (χ1) is 7.74. The van der Waals surface area contributed by atoms with E-state index in [2.05, 4.69) is 11.4 Å². The molecular formula is C11H12Cl3NOS. The van der Waals surface area contributed by atoms with Crippen LogP contribution in [-0.2, 0) is 13.0 Å². The van der Waals surface area contributed by atoms with Crippen molar-refractivity contribution in [2.24, 2.45) is 0 Å². The van der Waals surface area contributed by atoms with E-state index in [1.54, 1.807) is 17.4 Å². The molecule has 0 saturated carbocycles. The third-order valence-electron chi connectivity index (χ3n) is 2.11. The number of rotatable bonds is 5. The molecule has 0 fully saturated rings. The summed E-state index contributed by atoms with van der Waals surface area (Å²) in [7, 11) is 0. The minimum Gasteiger partial charge on any atom is -0.448 e. The number of nitrogens with one attached hydrogen (secondary N) is 1. The lowest BCUT2D eigenvalue weighted by molar-refractivity contribution is 0.486. The predicted octanol–water partition coefficient (Wildman–Crippen LogP) is 4.40. The van der Waals surface area contributed by atoms with E-state index in [-0.39, 0.29) is 12.4 Å². The lowest BCUT2D eigenvalue weighted by atomic mass is 10.3. The molecule has 0 atom stereocenters. The Morgan fingerprint density at radius 1 is 1.18 bits per heavy atom. The summed E-state index contributed by atoms with van der Waals surface area (Å²) >= 11 is 13.1. The van der Waals surface area contributed by atoms with E-state index in [1.807, 2.05) is 12.1 Å². The van der Waals surface area contributed by atoms with Crippen LogP contribution in [0.4, 0.5) is 0 Å². The normalized spacial score (nSPS) is 10.2. The second kappa shape index (κ2) is 7.29. The molecule has 0 spiro atoms. The van der Waals surface area contributed by atoms with Crippen LogP contribution >= 0.6 is 46.9 Å². The minimum absolute atomic E-state index is 0. The van der Waals surface area contributed by atoms with Crippen LogP contribution in [0.15, 0.2) is 28.7 Å². The standard InChI is InChI=1S/C11H11Cl2NOS.ClH/c12-10-3-1-8(15-10)7-14-6-5-9-2-4-11(13)16-9;/h1-4,14H,5-7H2;1H. The zero-order valence-electron chi connectivity index (χ0n) is 8.91. The number of thiophene rings is 1. The van der Waals surface area contributed by atoms with Gasteiger partial charge in [0, 0.05) is 11.4 Å². The van der Waals surface area contributed by atoms with Crippen LogP contribution in [0.25, 0.3) is 0 Å². The van der Waals surface area contributed by atoms with E-state index in [0.717, 1.165) is 23.1 Å². The van der Waals surface area contributed by atoms with Gasteiger partial charge in [0.2, 0.25) is 0 Å². The van der Waals surface area contributed by atoms with Crippen LogP contribution in [0.1, 0.15) is 10.6 Å². The molecule has 0 amide bonds. The lowest BCUT2D eigenvalue weighted by Crippen LogP contribution is -2.15. The van der Waals surface area contributed by atoms with Crippen molar-refractivity contribution >= 4 is 46.9 Å². The molecule has 94 valence electrons. The number of halogens is 3. The summed E-state index contributed by atoms with van der Waals surface area (Å²) in [6.45, 7) is 1.60. The van der Waals surface area contributed by atoms with Crippen molar-refractivity contribution < 1.29 is 4.42 Å². The largest absolute Gasteiger partial charge is 0.448 e. The Kier molecular flexibility index (Phi) is 6.38. The smallest absolute Gasteiger partial charge is 0.193 e. The van der Waals surface area contributed by atoms with Crippen molar-refractivity contribution in [3.05, 3.63) is 44.5 Å². The molecule has 0 aromatic carbocycles. The fraction of sp³-hybridized carbons (Fsp3) is 0.273. The average Bonchev–Trinajstić information content (AvgIpc) is 2.83. The molecule has 0 saturated heterocycles. The second-order valence-corrected chi connectivity index (χ2v) is 5.51. The molecule has 0 bridgehead atoms. The van der Waals surface area contributed by atoms with E-state index in [1.165, 1.54) is 4.88 Å². The van der Waals surface area contributed by atoms with E-state index in [9.17, 15) is 0 Å². The molecule has 0 radical (unpaired) electrons. The fourth-order valence-electron chi connectivity index (χ4n) is 1.36. The van der Waals surface area contributed by atoms with Gasteiger partial charge in [0.05, 0.1) is 10.9 Å². The Balaban J connectivity index is 0.00000144. The summed E-state index contributed by atoms with van der Waals surface area (Å²) in [6.07, 6.45) is 0.978. The Labute approximate surface area is 120 Å². The highest BCUT2D eigenvalue weighted by Gasteiger charge is 2.00. The van der Waals surface area contributed by atoms with Gasteiger partial charge in [-0.15, -0.1) is 23.7 Å². The third-order valence-corrected chi connectivity index (χ3v) is 3.60. The second-order valence-electron chi connectivity index (χ2n) is 3.34. The average molecular weight is 313 g/mol. The molecule has 2 heterocycles. The molecular weight excluding hydrogens is 301 g/mol. The molecule has 0 unspecified atom stereocenters. The van der Waals surface area contributed by atoms with Gasteiger partial charge < -0.3 is 9.73 Å². The van der Waals surface area contributed by atoms with E-state index < -0.39 is 0 Å². The number of furan rings is 1. The summed E-state index contributed by atoms with van der Waals surface area (Å²) in [4.78, 5) is 1.29. The maximum Gasteiger partial charge on any atom is 0.193 e. The first kappa shape index (κ1) is 14.9. The summed E-state index contributed by atoms with van der Waals surface area (Å²) in [5.41, 5.74) is 0. The van der Waals surface area contributed by atoms with E-state index >= 15 is 0 Å². The van der Waals surface area contributed by atoms with Crippen molar-refractivity contribution in [3.8, 4) is 0 Å². The maximum atomic E-state index is 5.84. The summed E-state index contributed by atoms with van der Waals surface area (Å²) < 4.78 is 6.06. The molecule has 0 aliphatic carbocycles. The van der Waals surface area contributed by atoms with Gasteiger partial charge >= 0.3 is 0 Å². The molecule has 0 aliphatic heterocycles. The van der Waals surface area contributed by atoms with Crippen LogP contribution in [-0.4, -0.2) is 6.54 Å². The Hall–Kier alpha value is -0.190. The van der Waals surface area contributed by atoms with Crippen LogP contribution in [0.3, 0.4) is 0 Å². The van der Waals surface area contributed by atoms with E-state index in [0.29, 0.717) is 11.8 Å². The van der Waals surface area contributed by atoms with Gasteiger partial charge in [-0.3, -0.25) is 0 Å². The van der Waals surface area contributed by atoms with Crippen LogP contribution in [0.2, 0.25) is 9.56 Å². The van der Waals surface area contributed by atoms with Gasteiger partial charge in [-0.25, -0.2) is 0 Å². The molecule has 2 rings (SSSR count). The van der Waals surface area contributed by atoms with Crippen molar-refractivity contribution in [1.29, 1.82) is 0 Å². The molecule has 6 heteroatoms. The molecule has 1 N–H and O–H groups in total. The lowest BCUT2D eigenvalue weighted by Gasteiger charge is -2.00. The highest BCUT2D eigenvalue weighted by molar-refractivity contribution is 7.16. The van der Waals surface area contributed by atoms with Crippen LogP contribution < -0.4 is 5.32 Å². The van der Waals surface area contributed by atoms with Gasteiger partial charge in [0.1, 0.15) is 5.76 Å². The van der Waals surface area contributed by atoms with Crippen LogP contribution in [0, 0.1) is 0 Å². The SMILES string of the molecule is Cl.Clc1ccc(CNCCc2ccc(Cl)s2)o1. The maximum absolute atomic E-state index is 5.84. The first-order valence-corrected chi connectivity index (χ1v) is 6.50. The van der Waals surface area contributed by atoms with Crippen molar-refractivity contribution in [2.75, 3.05) is 6.54 Å². The van der Waals surface area contributed by atoms with E-state index in [4.69, 9.17) is 27.6 Å². The molecule has 2 aromatic heterocycles. The predicted molar refractivity (Wildman–Crippen MR) is 75.7 cm³/mol. The van der Waals surface area contributed by atoms with Crippen molar-refractivity contribution in [3.63, 3.8) is 0 Å². The Morgan fingerprint density at radius 2 is 2.00 bits per heavy atom. The quantitative estimate of drug-likeness (QED) is 0.828. The van der Waals surface area contributed by atoms with Gasteiger partial charge in [0.25, 0.3) is 0 Å². The Morgan fingerprint density at radius 3 is 2.59 bits per heavy atom. The van der Waals surface area contributed by atoms with Gasteiger partial charge in [-0.05, 0) is 42.3 Å². The minimum atomic E-state index is 0. The Bertz CT molecular complexity index is 413. The number of hydrogen-bond acceptors (Lipinski definition) is 3. The number of hydrogen-bond donors (Lipinski definition) is 1. The highest BCUT2D eigenvalue weighted by atomic mass is 35.5. The molecule has 2 aromatic rings. The summed E-state index contributed by atoms with van der Waals surface area (Å²) in [5.74, 6) is 0.856. The van der Waals surface area contributed by atoms with Gasteiger partial charge in [-0.2, -0.15) is 0 Å². The highest BCUT2D eigenvalue weighted by Crippen LogP contribution is 2.21. The molecule has 0 aliphatic rings. The first-order valence-electron chi connectivity index (χ1n) is 4.93. The van der Waals surface area contributed by atoms with Crippen molar-refractivity contribution in [1.82, 2.24) is 5.32 Å². The third kappa shape index (κ3) is 4.90. The topological polar surface area (TPSA) is 25.2 Å². The summed E-state index contributed by atoms with van der Waals surface area (Å²) in [5, 5.41) is 3.72. The monoisotopic (exact) mass is 311 g/mol. The van der Waals surface area contributed by atoms with Gasteiger partial charge in [-0.1, -0.05) is 11.6 Å². The zero-order chi connectivity index (χ0) is 11.4. The van der Waals surface area contributed by atoms with Crippen molar-refractivity contribution in [2.45, 2.75) is 13.0 Å². The van der Waals surface area contributed by atoms with Gasteiger partial charge in [0.15, 0.2) is 5.22 Å². The molecule has 2 nitrogen and oxygen atoms in total. The summed E-state index contributed by atoms with van der Waals surface area (Å²) in [6, 6.07) is 7.60.